The number of carbonyl (C=O) groups excluding carboxylic acids is 4. The standard InChI is InChI=1S/C25H21N3O6/c1-4-33-17-11-9-16(10-12-17)13-20-23(31)28(25(27(20)3)26-15(2)29)14-19-22(30)18-7-5-6-8-21(18)34-24(19)32/h5-14H,4H2,1-3H3. The van der Waals surface area contributed by atoms with Crippen LogP contribution in [0.15, 0.2) is 71.0 Å². The lowest BCUT2D eigenvalue weighted by molar-refractivity contribution is -0.130. The first kappa shape index (κ1) is 22.7. The highest BCUT2D eigenvalue weighted by atomic mass is 16.5. The summed E-state index contributed by atoms with van der Waals surface area (Å²) in [4.78, 5) is 56.9. The van der Waals surface area contributed by atoms with E-state index in [1.54, 1.807) is 49.5 Å². The Morgan fingerprint density at radius 3 is 2.47 bits per heavy atom. The Hall–Kier alpha value is -4.53. The van der Waals surface area contributed by atoms with Gasteiger partial charge >= 0.3 is 5.97 Å². The van der Waals surface area contributed by atoms with Crippen LogP contribution < -0.4 is 9.47 Å². The van der Waals surface area contributed by atoms with Gasteiger partial charge in [0.25, 0.3) is 5.91 Å². The van der Waals surface area contributed by atoms with E-state index in [0.717, 1.165) is 11.1 Å². The number of esters is 1. The minimum absolute atomic E-state index is 0.0401. The number of ether oxygens (including phenoxy) is 2. The molecule has 0 aromatic heterocycles. The first-order valence-electron chi connectivity index (χ1n) is 10.5. The molecule has 34 heavy (non-hydrogen) atoms. The predicted octanol–water partition coefficient (Wildman–Crippen LogP) is 2.79. The third-order valence-corrected chi connectivity index (χ3v) is 5.12. The Morgan fingerprint density at radius 1 is 1.09 bits per heavy atom. The fourth-order valence-corrected chi connectivity index (χ4v) is 3.53. The van der Waals surface area contributed by atoms with Crippen molar-refractivity contribution in [3.63, 3.8) is 0 Å². The Balaban J connectivity index is 1.74. The minimum atomic E-state index is -0.898. The number of amides is 2. The fourth-order valence-electron chi connectivity index (χ4n) is 3.53. The number of rotatable bonds is 4. The molecule has 0 atom stereocenters. The van der Waals surface area contributed by atoms with Crippen molar-refractivity contribution < 1.29 is 28.7 Å². The number of para-hydroxylation sites is 1. The number of Topliss-reactive ketones (excluding diaryl/α,β-unsaturated/α-hetero) is 1. The summed E-state index contributed by atoms with van der Waals surface area (Å²) in [6.45, 7) is 3.65. The van der Waals surface area contributed by atoms with Crippen LogP contribution in [0.1, 0.15) is 29.8 Å². The van der Waals surface area contributed by atoms with Crippen LogP contribution in [0.4, 0.5) is 0 Å². The van der Waals surface area contributed by atoms with Crippen LogP contribution in [0, 0.1) is 0 Å². The van der Waals surface area contributed by atoms with E-state index in [-0.39, 0.29) is 28.5 Å². The zero-order valence-corrected chi connectivity index (χ0v) is 18.8. The summed E-state index contributed by atoms with van der Waals surface area (Å²) in [6.07, 6.45) is 2.68. The Bertz CT molecular complexity index is 1290. The van der Waals surface area contributed by atoms with Gasteiger partial charge in [-0.3, -0.25) is 19.3 Å². The summed E-state index contributed by atoms with van der Waals surface area (Å²) in [5.74, 6) is -1.81. The highest BCUT2D eigenvalue weighted by Crippen LogP contribution is 2.30. The Labute approximate surface area is 195 Å². The number of ketones is 1. The molecule has 9 heteroatoms. The molecule has 4 rings (SSSR count). The van der Waals surface area contributed by atoms with Gasteiger partial charge in [-0.25, -0.2) is 4.79 Å². The van der Waals surface area contributed by atoms with Crippen LogP contribution in [0.5, 0.6) is 11.5 Å². The lowest BCUT2D eigenvalue weighted by Gasteiger charge is -2.19. The molecule has 1 saturated heterocycles. The largest absolute Gasteiger partial charge is 0.494 e. The van der Waals surface area contributed by atoms with Crippen molar-refractivity contribution in [1.82, 2.24) is 9.80 Å². The van der Waals surface area contributed by atoms with E-state index < -0.39 is 23.6 Å². The average Bonchev–Trinajstić information content (AvgIpc) is 3.01. The molecule has 2 heterocycles. The summed E-state index contributed by atoms with van der Waals surface area (Å²) in [5, 5.41) is 0. The number of carbonyl (C=O) groups is 4. The van der Waals surface area contributed by atoms with Gasteiger partial charge in [0.1, 0.15) is 22.8 Å². The van der Waals surface area contributed by atoms with Gasteiger partial charge in [-0.1, -0.05) is 24.3 Å². The second-order valence-electron chi connectivity index (χ2n) is 7.45. The summed E-state index contributed by atoms with van der Waals surface area (Å²) in [6, 6.07) is 13.4. The van der Waals surface area contributed by atoms with Crippen molar-refractivity contribution in [3.05, 3.63) is 77.1 Å². The number of fused-ring (bicyclic) bond motifs is 1. The number of hydrogen-bond acceptors (Lipinski definition) is 6. The second kappa shape index (κ2) is 9.14. The van der Waals surface area contributed by atoms with E-state index in [4.69, 9.17) is 9.47 Å². The van der Waals surface area contributed by atoms with Gasteiger partial charge in [0.15, 0.2) is 0 Å². The molecule has 172 valence electrons. The zero-order valence-electron chi connectivity index (χ0n) is 18.8. The van der Waals surface area contributed by atoms with E-state index >= 15 is 0 Å². The summed E-state index contributed by atoms with van der Waals surface area (Å²) in [7, 11) is 1.56. The molecule has 0 spiro atoms. The summed E-state index contributed by atoms with van der Waals surface area (Å²) >= 11 is 0. The first-order valence-corrected chi connectivity index (χ1v) is 10.5. The maximum absolute atomic E-state index is 13.3. The monoisotopic (exact) mass is 459 g/mol. The van der Waals surface area contributed by atoms with Crippen molar-refractivity contribution in [2.75, 3.05) is 13.7 Å². The molecule has 0 aliphatic carbocycles. The summed E-state index contributed by atoms with van der Waals surface area (Å²) < 4.78 is 10.7. The smallest absolute Gasteiger partial charge is 0.349 e. The van der Waals surface area contributed by atoms with E-state index in [2.05, 4.69) is 4.99 Å². The van der Waals surface area contributed by atoms with E-state index in [0.29, 0.717) is 17.9 Å². The maximum Gasteiger partial charge on any atom is 0.349 e. The Kier molecular flexibility index (Phi) is 6.09. The number of benzene rings is 2. The topological polar surface area (TPSA) is 106 Å². The van der Waals surface area contributed by atoms with Crippen LogP contribution in [0.25, 0.3) is 6.08 Å². The lowest BCUT2D eigenvalue weighted by Crippen LogP contribution is -2.33. The SMILES string of the molecule is CCOc1ccc(C=C2C(=O)N(C=C3C(=O)Oc4ccccc4C3=O)C(=NC(C)=O)N2C)cc1. The fraction of sp³-hybridized carbons (Fsp3) is 0.160. The minimum Gasteiger partial charge on any atom is -0.494 e. The van der Waals surface area contributed by atoms with Crippen molar-refractivity contribution >= 4 is 35.6 Å². The van der Waals surface area contributed by atoms with Crippen LogP contribution in [0.3, 0.4) is 0 Å². The van der Waals surface area contributed by atoms with Gasteiger partial charge in [0.2, 0.25) is 17.6 Å². The molecule has 1 fully saturated rings. The van der Waals surface area contributed by atoms with E-state index in [9.17, 15) is 19.2 Å². The number of hydrogen-bond donors (Lipinski definition) is 0. The van der Waals surface area contributed by atoms with Gasteiger partial charge in [-0.15, -0.1) is 0 Å². The van der Waals surface area contributed by atoms with Crippen LogP contribution >= 0.6 is 0 Å². The lowest BCUT2D eigenvalue weighted by atomic mass is 10.0. The van der Waals surface area contributed by atoms with Crippen molar-refractivity contribution in [2.45, 2.75) is 13.8 Å². The van der Waals surface area contributed by atoms with Crippen LogP contribution in [0.2, 0.25) is 0 Å². The molecule has 0 saturated carbocycles. The highest BCUT2D eigenvalue weighted by Gasteiger charge is 2.39. The number of likely N-dealkylation sites (N-methyl/N-ethyl adjacent to an activating group) is 1. The zero-order chi connectivity index (χ0) is 24.4. The maximum atomic E-state index is 13.3. The number of aliphatic imine (C=N–C) groups is 1. The van der Waals surface area contributed by atoms with Crippen molar-refractivity contribution in [1.29, 1.82) is 0 Å². The second-order valence-corrected chi connectivity index (χ2v) is 7.45. The Morgan fingerprint density at radius 2 is 1.79 bits per heavy atom. The normalized spacial score (nSPS) is 19.1. The molecule has 2 aliphatic heterocycles. The van der Waals surface area contributed by atoms with Crippen molar-refractivity contribution in [2.24, 2.45) is 4.99 Å². The molecule has 0 bridgehead atoms. The molecule has 0 unspecified atom stereocenters. The van der Waals surface area contributed by atoms with Crippen LogP contribution in [-0.2, 0) is 14.4 Å². The van der Waals surface area contributed by atoms with Gasteiger partial charge < -0.3 is 14.4 Å². The van der Waals surface area contributed by atoms with Crippen molar-refractivity contribution in [3.8, 4) is 11.5 Å². The predicted molar refractivity (Wildman–Crippen MR) is 123 cm³/mol. The third kappa shape index (κ3) is 4.23. The molecule has 2 aliphatic rings. The quantitative estimate of drug-likeness (QED) is 0.300. The third-order valence-electron chi connectivity index (χ3n) is 5.12. The molecule has 0 N–H and O–H groups in total. The van der Waals surface area contributed by atoms with Gasteiger partial charge in [-0.05, 0) is 42.8 Å². The van der Waals surface area contributed by atoms with Gasteiger partial charge in [0.05, 0.1) is 12.2 Å². The number of guanidine groups is 1. The van der Waals surface area contributed by atoms with Gasteiger partial charge in [-0.2, -0.15) is 4.99 Å². The van der Waals surface area contributed by atoms with Crippen LogP contribution in [-0.4, -0.2) is 53.0 Å². The first-order chi connectivity index (χ1) is 16.3. The highest BCUT2D eigenvalue weighted by molar-refractivity contribution is 6.28. The molecular weight excluding hydrogens is 438 g/mol. The molecular formula is C25H21N3O6. The molecule has 2 amide bonds. The molecule has 2 aromatic rings. The molecule has 0 radical (unpaired) electrons. The molecule has 2 aromatic carbocycles. The van der Waals surface area contributed by atoms with Gasteiger partial charge in [0, 0.05) is 20.2 Å². The van der Waals surface area contributed by atoms with E-state index in [1.165, 1.54) is 24.0 Å². The summed E-state index contributed by atoms with van der Waals surface area (Å²) in [5.41, 5.74) is 0.748. The number of nitrogens with zero attached hydrogens (tertiary/aromatic N) is 3. The van der Waals surface area contributed by atoms with E-state index in [1.807, 2.05) is 6.92 Å². The molecule has 9 nitrogen and oxygen atoms in total. The average molecular weight is 459 g/mol.